The van der Waals surface area contributed by atoms with Crippen LogP contribution in [0, 0.1) is 11.3 Å². The van der Waals surface area contributed by atoms with Crippen molar-refractivity contribution in [3.8, 4) is 16.6 Å². The van der Waals surface area contributed by atoms with Crippen LogP contribution in [0.15, 0.2) is 58.1 Å². The van der Waals surface area contributed by atoms with Gasteiger partial charge >= 0.3 is 0 Å². The first-order valence-electron chi connectivity index (χ1n) is 6.47. The molecule has 0 aliphatic heterocycles. The van der Waals surface area contributed by atoms with E-state index >= 15 is 0 Å². The van der Waals surface area contributed by atoms with Crippen LogP contribution in [0.25, 0.3) is 16.6 Å². The summed E-state index contributed by atoms with van der Waals surface area (Å²) in [7, 11) is 0. The number of rotatable bonds is 4. The molecule has 0 saturated heterocycles. The fraction of sp³-hybridized carbons (Fsp3) is 0. The van der Waals surface area contributed by atoms with E-state index in [2.05, 4.69) is 4.98 Å². The molecule has 0 unspecified atom stereocenters. The van der Waals surface area contributed by atoms with E-state index in [0.717, 1.165) is 10.6 Å². The average Bonchev–Trinajstić information content (AvgIpc) is 3.24. The van der Waals surface area contributed by atoms with Crippen molar-refractivity contribution < 1.29 is 4.79 Å². The third-order valence-corrected chi connectivity index (χ3v) is 4.58. The van der Waals surface area contributed by atoms with Gasteiger partial charge in [-0.05, 0) is 17.5 Å². The zero-order chi connectivity index (χ0) is 15.4. The Kier molecular flexibility index (Phi) is 4.24. The van der Waals surface area contributed by atoms with Gasteiger partial charge in [0.2, 0.25) is 5.78 Å². The lowest BCUT2D eigenvalue weighted by Crippen LogP contribution is -2.01. The minimum atomic E-state index is -0.284. The van der Waals surface area contributed by atoms with E-state index in [1.165, 1.54) is 11.3 Å². The fourth-order valence-electron chi connectivity index (χ4n) is 1.91. The Labute approximate surface area is 135 Å². The van der Waals surface area contributed by atoms with Gasteiger partial charge in [-0.3, -0.25) is 4.79 Å². The second kappa shape index (κ2) is 6.48. The van der Waals surface area contributed by atoms with Gasteiger partial charge in [-0.25, -0.2) is 4.98 Å². The van der Waals surface area contributed by atoms with Crippen molar-refractivity contribution >= 4 is 34.5 Å². The number of thiazole rings is 1. The van der Waals surface area contributed by atoms with Gasteiger partial charge in [0.25, 0.3) is 0 Å². The largest absolute Gasteiger partial charge is 0.288 e. The number of nitriles is 1. The van der Waals surface area contributed by atoms with Crippen molar-refractivity contribution in [3.05, 3.63) is 69.4 Å². The summed E-state index contributed by atoms with van der Waals surface area (Å²) in [4.78, 5) is 16.8. The summed E-state index contributed by atoms with van der Waals surface area (Å²) < 4.78 is 0. The molecule has 3 rings (SSSR count). The van der Waals surface area contributed by atoms with Crippen LogP contribution in [0.4, 0.5) is 0 Å². The van der Waals surface area contributed by atoms with Gasteiger partial charge in [-0.1, -0.05) is 30.3 Å². The zero-order valence-electron chi connectivity index (χ0n) is 11.4. The molecule has 0 spiro atoms. The summed E-state index contributed by atoms with van der Waals surface area (Å²) >= 11 is 3.11. The quantitative estimate of drug-likeness (QED) is 0.399. The Morgan fingerprint density at radius 3 is 2.68 bits per heavy atom. The maximum Gasteiger partial charge on any atom is 0.203 e. The lowest BCUT2D eigenvalue weighted by molar-refractivity contribution is 0.104. The minimum Gasteiger partial charge on any atom is -0.288 e. The molecule has 0 aliphatic rings. The molecule has 0 saturated carbocycles. The van der Waals surface area contributed by atoms with Crippen molar-refractivity contribution in [1.82, 2.24) is 4.98 Å². The van der Waals surface area contributed by atoms with Crippen LogP contribution < -0.4 is 0 Å². The third-order valence-electron chi connectivity index (χ3n) is 2.98. The van der Waals surface area contributed by atoms with E-state index in [1.807, 2.05) is 34.3 Å². The number of hydrogen-bond acceptors (Lipinski definition) is 5. The van der Waals surface area contributed by atoms with Gasteiger partial charge in [0.1, 0.15) is 16.6 Å². The highest BCUT2D eigenvalue weighted by Crippen LogP contribution is 2.26. The van der Waals surface area contributed by atoms with E-state index in [0.29, 0.717) is 11.3 Å². The van der Waals surface area contributed by atoms with Crippen molar-refractivity contribution in [2.75, 3.05) is 0 Å². The van der Waals surface area contributed by atoms with Crippen LogP contribution in [-0.2, 0) is 0 Å². The Balaban J connectivity index is 1.90. The van der Waals surface area contributed by atoms with Crippen LogP contribution in [0.2, 0.25) is 0 Å². The number of carbonyl (C=O) groups excluding carboxylic acids is 1. The van der Waals surface area contributed by atoms with Crippen molar-refractivity contribution in [1.29, 1.82) is 5.26 Å². The first kappa shape index (κ1) is 14.4. The van der Waals surface area contributed by atoms with Crippen LogP contribution in [0.1, 0.15) is 16.1 Å². The molecule has 5 heteroatoms. The number of Topliss-reactive ketones (excluding diaryl/α,β-unsaturated/α-hetero) is 1. The van der Waals surface area contributed by atoms with Gasteiger partial charge in [0.05, 0.1) is 5.69 Å². The molecule has 2 aromatic heterocycles. The number of aromatic nitrogens is 1. The standard InChI is InChI=1S/C17H10N2OS2/c18-9-14(16(20)12-4-2-1-3-5-12)8-15-11-22-17(19-15)13-6-7-21-10-13/h1-8,10-11H. The Bertz CT molecular complexity index is 856. The summed E-state index contributed by atoms with van der Waals surface area (Å²) in [6, 6.07) is 12.8. The molecule has 0 fully saturated rings. The highest BCUT2D eigenvalue weighted by Gasteiger charge is 2.12. The number of allylic oxidation sites excluding steroid dienone is 1. The van der Waals surface area contributed by atoms with Crippen LogP contribution in [0.5, 0.6) is 0 Å². The number of nitrogens with zero attached hydrogens (tertiary/aromatic N) is 2. The van der Waals surface area contributed by atoms with Gasteiger partial charge in [-0.2, -0.15) is 16.6 Å². The molecule has 0 aliphatic carbocycles. The van der Waals surface area contributed by atoms with E-state index in [1.54, 1.807) is 41.7 Å². The molecular weight excluding hydrogens is 312 g/mol. The highest BCUT2D eigenvalue weighted by molar-refractivity contribution is 7.14. The maximum absolute atomic E-state index is 12.3. The Hall–Kier alpha value is -2.55. The fourth-order valence-corrected chi connectivity index (χ4v) is 3.40. The molecule has 0 atom stereocenters. The van der Waals surface area contributed by atoms with Crippen molar-refractivity contribution in [3.63, 3.8) is 0 Å². The molecule has 106 valence electrons. The molecule has 22 heavy (non-hydrogen) atoms. The second-order valence-electron chi connectivity index (χ2n) is 4.45. The molecule has 3 nitrogen and oxygen atoms in total. The molecule has 0 bridgehead atoms. The normalized spacial score (nSPS) is 11.1. The number of benzene rings is 1. The van der Waals surface area contributed by atoms with E-state index in [-0.39, 0.29) is 11.4 Å². The third kappa shape index (κ3) is 3.03. The molecule has 0 radical (unpaired) electrons. The predicted octanol–water partition coefficient (Wildman–Crippen LogP) is 4.66. The van der Waals surface area contributed by atoms with E-state index in [9.17, 15) is 10.1 Å². The summed E-state index contributed by atoms with van der Waals surface area (Å²) in [6.45, 7) is 0. The molecule has 0 N–H and O–H groups in total. The monoisotopic (exact) mass is 322 g/mol. The number of ketones is 1. The van der Waals surface area contributed by atoms with E-state index in [4.69, 9.17) is 0 Å². The molecule has 0 amide bonds. The first-order valence-corrected chi connectivity index (χ1v) is 8.30. The zero-order valence-corrected chi connectivity index (χ0v) is 13.0. The lowest BCUT2D eigenvalue weighted by Gasteiger charge is -1.97. The Morgan fingerprint density at radius 1 is 1.18 bits per heavy atom. The first-order chi connectivity index (χ1) is 10.8. The molecule has 3 aromatic rings. The summed E-state index contributed by atoms with van der Waals surface area (Å²) in [5, 5.41) is 16.0. The second-order valence-corrected chi connectivity index (χ2v) is 6.09. The van der Waals surface area contributed by atoms with Crippen molar-refractivity contribution in [2.45, 2.75) is 0 Å². The average molecular weight is 322 g/mol. The van der Waals surface area contributed by atoms with Gasteiger partial charge in [-0.15, -0.1) is 11.3 Å². The van der Waals surface area contributed by atoms with Gasteiger partial charge in [0.15, 0.2) is 0 Å². The molecule has 1 aromatic carbocycles. The van der Waals surface area contributed by atoms with E-state index < -0.39 is 0 Å². The number of carbonyl (C=O) groups is 1. The highest BCUT2D eigenvalue weighted by atomic mass is 32.1. The summed E-state index contributed by atoms with van der Waals surface area (Å²) in [5.41, 5.74) is 2.28. The van der Waals surface area contributed by atoms with Gasteiger partial charge in [0, 0.05) is 21.9 Å². The Morgan fingerprint density at radius 2 is 2.00 bits per heavy atom. The van der Waals surface area contributed by atoms with Crippen LogP contribution in [0.3, 0.4) is 0 Å². The number of hydrogen-bond donors (Lipinski definition) is 0. The van der Waals surface area contributed by atoms with Crippen LogP contribution >= 0.6 is 22.7 Å². The predicted molar refractivity (Wildman–Crippen MR) is 89.8 cm³/mol. The molecular formula is C17H10N2OS2. The number of thiophene rings is 1. The summed E-state index contributed by atoms with van der Waals surface area (Å²) in [6.07, 6.45) is 1.54. The topological polar surface area (TPSA) is 53.8 Å². The van der Waals surface area contributed by atoms with Crippen LogP contribution in [-0.4, -0.2) is 10.8 Å². The lowest BCUT2D eigenvalue weighted by atomic mass is 10.0. The molecule has 2 heterocycles. The van der Waals surface area contributed by atoms with Gasteiger partial charge < -0.3 is 0 Å². The SMILES string of the molecule is N#CC(=Cc1csc(-c2ccsc2)n1)C(=O)c1ccccc1. The van der Waals surface area contributed by atoms with Crippen molar-refractivity contribution in [2.24, 2.45) is 0 Å². The minimum absolute atomic E-state index is 0.0911. The maximum atomic E-state index is 12.3. The smallest absolute Gasteiger partial charge is 0.203 e. The summed E-state index contributed by atoms with van der Waals surface area (Å²) in [5.74, 6) is -0.284.